The van der Waals surface area contributed by atoms with Gasteiger partial charge in [-0.1, -0.05) is 6.92 Å². The van der Waals surface area contributed by atoms with Gasteiger partial charge in [-0.15, -0.1) is 0 Å². The Labute approximate surface area is 135 Å². The number of carboxylic acid groups (broad SMARTS) is 1. The molecular weight excluding hydrogens is 298 g/mol. The van der Waals surface area contributed by atoms with Crippen LogP contribution in [0.1, 0.15) is 61.1 Å². The van der Waals surface area contributed by atoms with E-state index in [1.807, 2.05) is 4.68 Å². The van der Waals surface area contributed by atoms with Gasteiger partial charge in [-0.25, -0.2) is 4.79 Å². The molecule has 7 nitrogen and oxygen atoms in total. The highest BCUT2D eigenvalue weighted by Crippen LogP contribution is 2.43. The number of hydrogen-bond donors (Lipinski definition) is 1. The summed E-state index contributed by atoms with van der Waals surface area (Å²) < 4.78 is 7.16. The highest BCUT2D eigenvalue weighted by molar-refractivity contribution is 5.96. The minimum atomic E-state index is -1.03. The van der Waals surface area contributed by atoms with Crippen LogP contribution in [0, 0.1) is 0 Å². The van der Waals surface area contributed by atoms with Crippen molar-refractivity contribution in [2.75, 3.05) is 19.7 Å². The average molecular weight is 321 g/mol. The molecule has 2 unspecified atom stereocenters. The summed E-state index contributed by atoms with van der Waals surface area (Å²) in [4.78, 5) is 25.5. The molecule has 0 spiro atoms. The van der Waals surface area contributed by atoms with Crippen LogP contribution in [0.2, 0.25) is 0 Å². The second-order valence-corrected chi connectivity index (χ2v) is 6.37. The molecule has 1 amide bonds. The van der Waals surface area contributed by atoms with Crippen LogP contribution in [0.15, 0.2) is 6.20 Å². The van der Waals surface area contributed by atoms with Gasteiger partial charge in [0.05, 0.1) is 30.6 Å². The zero-order valence-electron chi connectivity index (χ0n) is 13.6. The highest BCUT2D eigenvalue weighted by Gasteiger charge is 2.36. The quantitative estimate of drug-likeness (QED) is 0.891. The lowest BCUT2D eigenvalue weighted by Gasteiger charge is -2.31. The van der Waals surface area contributed by atoms with E-state index in [2.05, 4.69) is 18.9 Å². The van der Waals surface area contributed by atoms with Crippen LogP contribution in [0.25, 0.3) is 0 Å². The van der Waals surface area contributed by atoms with Crippen molar-refractivity contribution >= 4 is 11.9 Å². The number of amides is 1. The van der Waals surface area contributed by atoms with Crippen LogP contribution in [0.3, 0.4) is 0 Å². The first-order chi connectivity index (χ1) is 11.0. The van der Waals surface area contributed by atoms with Crippen molar-refractivity contribution in [2.24, 2.45) is 0 Å². The first kappa shape index (κ1) is 16.0. The van der Waals surface area contributed by atoms with Gasteiger partial charge in [-0.05, 0) is 26.2 Å². The van der Waals surface area contributed by atoms with Crippen LogP contribution >= 0.6 is 0 Å². The molecule has 1 aromatic rings. The van der Waals surface area contributed by atoms with Crippen molar-refractivity contribution in [3.8, 4) is 0 Å². The molecular formula is C16H23N3O4. The van der Waals surface area contributed by atoms with Gasteiger partial charge in [0.25, 0.3) is 5.91 Å². The van der Waals surface area contributed by atoms with Crippen molar-refractivity contribution in [3.05, 3.63) is 17.5 Å². The van der Waals surface area contributed by atoms with E-state index in [4.69, 9.17) is 9.84 Å². The lowest BCUT2D eigenvalue weighted by atomic mass is 10.1. The number of aromatic nitrogens is 2. The fraction of sp³-hybridized carbons (Fsp3) is 0.688. The number of ether oxygens (including phenoxy) is 1. The van der Waals surface area contributed by atoms with Crippen LogP contribution in [0.4, 0.5) is 0 Å². The molecule has 3 rings (SSSR count). The van der Waals surface area contributed by atoms with E-state index in [-0.39, 0.29) is 25.1 Å². The van der Waals surface area contributed by atoms with E-state index < -0.39 is 12.1 Å². The van der Waals surface area contributed by atoms with Crippen molar-refractivity contribution in [1.29, 1.82) is 0 Å². The first-order valence-corrected chi connectivity index (χ1v) is 8.24. The van der Waals surface area contributed by atoms with Gasteiger partial charge in [0, 0.05) is 18.5 Å². The number of nitrogens with zero attached hydrogens (tertiary/aromatic N) is 3. The number of carbonyl (C=O) groups excluding carboxylic acids is 1. The number of hydrogen-bond acceptors (Lipinski definition) is 4. The summed E-state index contributed by atoms with van der Waals surface area (Å²) >= 11 is 0. The summed E-state index contributed by atoms with van der Waals surface area (Å²) in [6, 6.07) is 0.253. The molecule has 0 aromatic carbocycles. The second-order valence-electron chi connectivity index (χ2n) is 6.37. The predicted octanol–water partition coefficient (Wildman–Crippen LogP) is 1.66. The Kier molecular flexibility index (Phi) is 4.39. The topological polar surface area (TPSA) is 84.7 Å². The van der Waals surface area contributed by atoms with Crippen molar-refractivity contribution in [3.63, 3.8) is 0 Å². The molecule has 23 heavy (non-hydrogen) atoms. The molecule has 1 saturated carbocycles. The van der Waals surface area contributed by atoms with Crippen LogP contribution in [-0.2, 0) is 9.53 Å². The van der Waals surface area contributed by atoms with E-state index in [0.29, 0.717) is 18.0 Å². The Morgan fingerprint density at radius 3 is 2.83 bits per heavy atom. The molecule has 0 bridgehead atoms. The molecule has 2 aliphatic rings. The number of aliphatic carboxylic acids is 1. The highest BCUT2D eigenvalue weighted by atomic mass is 16.5. The number of carboxylic acids is 1. The third kappa shape index (κ3) is 3.10. The fourth-order valence-corrected chi connectivity index (χ4v) is 2.98. The standard InChI is InChI=1S/C16H23N3O4/c1-3-10(2)19-14(11-4-5-11)12(8-17-19)15(20)18-6-7-23-13(9-18)16(21)22/h8,10-11,13H,3-7,9H2,1-2H3,(H,21,22). The Morgan fingerprint density at radius 1 is 1.48 bits per heavy atom. The average Bonchev–Trinajstić information content (AvgIpc) is 3.31. The molecule has 0 radical (unpaired) electrons. The maximum atomic E-state index is 12.9. The van der Waals surface area contributed by atoms with E-state index in [1.54, 1.807) is 11.1 Å². The van der Waals surface area contributed by atoms with E-state index >= 15 is 0 Å². The van der Waals surface area contributed by atoms with Gasteiger partial charge in [0.1, 0.15) is 0 Å². The fourth-order valence-electron chi connectivity index (χ4n) is 2.98. The van der Waals surface area contributed by atoms with E-state index in [0.717, 1.165) is 25.0 Å². The van der Waals surface area contributed by atoms with E-state index in [1.165, 1.54) is 0 Å². The molecule has 2 heterocycles. The maximum Gasteiger partial charge on any atom is 0.334 e. The van der Waals surface area contributed by atoms with Crippen LogP contribution in [-0.4, -0.2) is 57.5 Å². The SMILES string of the molecule is CCC(C)n1ncc(C(=O)N2CCOC(C(=O)O)C2)c1C1CC1. The molecule has 1 saturated heterocycles. The van der Waals surface area contributed by atoms with Gasteiger partial charge < -0.3 is 14.7 Å². The Bertz CT molecular complexity index is 608. The van der Waals surface area contributed by atoms with Crippen molar-refractivity contribution < 1.29 is 19.4 Å². The molecule has 2 fully saturated rings. The second kappa shape index (κ2) is 6.31. The van der Waals surface area contributed by atoms with Gasteiger partial charge in [-0.3, -0.25) is 9.48 Å². The molecule has 1 aliphatic carbocycles. The smallest absolute Gasteiger partial charge is 0.334 e. The molecule has 1 aliphatic heterocycles. The minimum absolute atomic E-state index is 0.0901. The normalized spacial score (nSPS) is 22.9. The number of rotatable bonds is 5. The molecule has 2 atom stereocenters. The summed E-state index contributed by atoms with van der Waals surface area (Å²) in [7, 11) is 0. The number of carbonyl (C=O) groups is 2. The van der Waals surface area contributed by atoms with E-state index in [9.17, 15) is 9.59 Å². The summed E-state index contributed by atoms with van der Waals surface area (Å²) in [5.74, 6) is -0.752. The van der Waals surface area contributed by atoms with Gasteiger partial charge in [0.15, 0.2) is 6.10 Å². The van der Waals surface area contributed by atoms with Gasteiger partial charge in [-0.2, -0.15) is 5.10 Å². The van der Waals surface area contributed by atoms with Crippen molar-refractivity contribution in [2.45, 2.75) is 51.2 Å². The Hall–Kier alpha value is -1.89. The lowest BCUT2D eigenvalue weighted by Crippen LogP contribution is -2.48. The third-order valence-corrected chi connectivity index (χ3v) is 4.67. The third-order valence-electron chi connectivity index (χ3n) is 4.67. The molecule has 7 heteroatoms. The summed E-state index contributed by atoms with van der Waals surface area (Å²) in [5.41, 5.74) is 1.64. The summed E-state index contributed by atoms with van der Waals surface area (Å²) in [6.45, 7) is 4.96. The van der Waals surface area contributed by atoms with Gasteiger partial charge >= 0.3 is 5.97 Å². The predicted molar refractivity (Wildman–Crippen MR) is 82.5 cm³/mol. The minimum Gasteiger partial charge on any atom is -0.479 e. The van der Waals surface area contributed by atoms with Crippen LogP contribution < -0.4 is 0 Å². The van der Waals surface area contributed by atoms with Gasteiger partial charge in [0.2, 0.25) is 0 Å². The Balaban J connectivity index is 1.85. The summed E-state index contributed by atoms with van der Waals surface area (Å²) in [5, 5.41) is 13.5. The summed E-state index contributed by atoms with van der Waals surface area (Å²) in [6.07, 6.45) is 3.83. The molecule has 126 valence electrons. The lowest BCUT2D eigenvalue weighted by molar-refractivity contribution is -0.154. The molecule has 1 aromatic heterocycles. The zero-order chi connectivity index (χ0) is 16.6. The first-order valence-electron chi connectivity index (χ1n) is 8.24. The monoisotopic (exact) mass is 321 g/mol. The largest absolute Gasteiger partial charge is 0.479 e. The number of morpholine rings is 1. The van der Waals surface area contributed by atoms with Crippen molar-refractivity contribution in [1.82, 2.24) is 14.7 Å². The molecule has 1 N–H and O–H groups in total. The maximum absolute atomic E-state index is 12.9. The zero-order valence-corrected chi connectivity index (χ0v) is 13.6. The Morgan fingerprint density at radius 2 is 2.22 bits per heavy atom. The van der Waals surface area contributed by atoms with Crippen LogP contribution in [0.5, 0.6) is 0 Å².